The fraction of sp³-hybridized carbons (Fsp3) is 0.200. The molecule has 1 saturated heterocycles. The first-order valence-corrected chi connectivity index (χ1v) is 4.91. The highest BCUT2D eigenvalue weighted by atomic mass is 16.6. The second kappa shape index (κ2) is 4.20. The maximum Gasteiger partial charge on any atom is 0.269 e. The van der Waals surface area contributed by atoms with Crippen LogP contribution in [-0.4, -0.2) is 28.7 Å². The van der Waals surface area contributed by atoms with Gasteiger partial charge in [-0.05, 0) is 12.1 Å². The van der Waals surface area contributed by atoms with Gasteiger partial charge < -0.3 is 0 Å². The van der Waals surface area contributed by atoms with Crippen LogP contribution in [-0.2, 0) is 4.79 Å². The van der Waals surface area contributed by atoms with E-state index in [1.54, 1.807) is 7.05 Å². The molecule has 0 atom stereocenters. The molecular formula is C10H10N4O3. The molecule has 1 aliphatic heterocycles. The average Bonchev–Trinajstić information content (AvgIpc) is 2.58. The van der Waals surface area contributed by atoms with E-state index in [4.69, 9.17) is 0 Å². The summed E-state index contributed by atoms with van der Waals surface area (Å²) in [5.41, 5.74) is 3.38. The van der Waals surface area contributed by atoms with Gasteiger partial charge in [0.2, 0.25) is 5.91 Å². The number of hydrazine groups is 1. The molecule has 0 spiro atoms. The van der Waals surface area contributed by atoms with Crippen LogP contribution in [0.4, 0.5) is 11.4 Å². The first-order valence-electron chi connectivity index (χ1n) is 4.91. The molecule has 1 aromatic carbocycles. The Kier molecular flexibility index (Phi) is 2.73. The summed E-state index contributed by atoms with van der Waals surface area (Å²) in [5, 5.41) is 11.8. The van der Waals surface area contributed by atoms with Crippen LogP contribution in [0, 0.1) is 10.1 Å². The number of aliphatic imine (C=N–C) groups is 1. The van der Waals surface area contributed by atoms with Crippen LogP contribution < -0.4 is 5.43 Å². The van der Waals surface area contributed by atoms with Crippen molar-refractivity contribution >= 4 is 23.1 Å². The van der Waals surface area contributed by atoms with Gasteiger partial charge in [0.15, 0.2) is 0 Å². The Morgan fingerprint density at radius 2 is 2.06 bits per heavy atom. The number of nitrogens with zero attached hydrogens (tertiary/aromatic N) is 3. The summed E-state index contributed by atoms with van der Waals surface area (Å²) in [5.74, 6) is 0.469. The Hall–Kier alpha value is -2.44. The van der Waals surface area contributed by atoms with Crippen LogP contribution in [0.1, 0.15) is 6.42 Å². The van der Waals surface area contributed by atoms with Gasteiger partial charge in [0, 0.05) is 19.2 Å². The van der Waals surface area contributed by atoms with Crippen molar-refractivity contribution in [1.82, 2.24) is 10.4 Å². The van der Waals surface area contributed by atoms with Gasteiger partial charge in [-0.2, -0.15) is 0 Å². The normalized spacial score (nSPS) is 17.4. The van der Waals surface area contributed by atoms with E-state index in [1.807, 2.05) is 0 Å². The third-order valence-corrected chi connectivity index (χ3v) is 2.31. The van der Waals surface area contributed by atoms with Crippen LogP contribution in [0.3, 0.4) is 0 Å². The number of non-ortho nitro benzene ring substituents is 1. The molecule has 0 aliphatic carbocycles. The highest BCUT2D eigenvalue weighted by molar-refractivity contribution is 6.05. The number of rotatable bonds is 2. The Balaban J connectivity index is 2.17. The third-order valence-electron chi connectivity index (χ3n) is 2.31. The summed E-state index contributed by atoms with van der Waals surface area (Å²) in [7, 11) is 1.61. The maximum atomic E-state index is 11.2. The average molecular weight is 234 g/mol. The Labute approximate surface area is 96.9 Å². The second-order valence-corrected chi connectivity index (χ2v) is 3.57. The molecule has 1 aliphatic rings. The van der Waals surface area contributed by atoms with Gasteiger partial charge in [-0.1, -0.05) is 0 Å². The predicted molar refractivity (Wildman–Crippen MR) is 60.7 cm³/mol. The number of nitro groups is 1. The Bertz CT molecular complexity index is 495. The van der Waals surface area contributed by atoms with E-state index in [2.05, 4.69) is 10.4 Å². The largest absolute Gasteiger partial charge is 0.283 e. The smallest absolute Gasteiger partial charge is 0.269 e. The maximum absolute atomic E-state index is 11.2. The highest BCUT2D eigenvalue weighted by Crippen LogP contribution is 2.18. The van der Waals surface area contributed by atoms with Gasteiger partial charge in [0.25, 0.3) is 5.69 Å². The molecule has 1 aromatic rings. The fourth-order valence-corrected chi connectivity index (χ4v) is 1.43. The van der Waals surface area contributed by atoms with Crippen molar-refractivity contribution in [2.24, 2.45) is 4.99 Å². The van der Waals surface area contributed by atoms with E-state index in [9.17, 15) is 14.9 Å². The summed E-state index contributed by atoms with van der Waals surface area (Å²) in [4.78, 5) is 25.4. The van der Waals surface area contributed by atoms with Crippen LogP contribution in [0.25, 0.3) is 0 Å². The standard InChI is InChI=1S/C10H10N4O3/c1-13-10(15)6-9(12-13)11-7-2-4-8(5-3-7)14(16)17/h2-5H,6H2,1H3,(H,11,12). The van der Waals surface area contributed by atoms with Crippen molar-refractivity contribution in [3.8, 4) is 0 Å². The molecule has 1 amide bonds. The second-order valence-electron chi connectivity index (χ2n) is 3.57. The molecule has 2 rings (SSSR count). The first-order chi connectivity index (χ1) is 8.06. The van der Waals surface area contributed by atoms with Crippen molar-refractivity contribution in [2.75, 3.05) is 7.05 Å². The van der Waals surface area contributed by atoms with Crippen molar-refractivity contribution < 1.29 is 9.72 Å². The fourth-order valence-electron chi connectivity index (χ4n) is 1.43. The van der Waals surface area contributed by atoms with Gasteiger partial charge in [-0.3, -0.25) is 25.3 Å². The van der Waals surface area contributed by atoms with Gasteiger partial charge >= 0.3 is 0 Å². The minimum Gasteiger partial charge on any atom is -0.283 e. The number of carbonyl (C=O) groups excluding carboxylic acids is 1. The Morgan fingerprint density at radius 3 is 2.53 bits per heavy atom. The van der Waals surface area contributed by atoms with Crippen LogP contribution in [0.15, 0.2) is 29.3 Å². The minimum atomic E-state index is -0.470. The molecule has 7 heteroatoms. The quantitative estimate of drug-likeness (QED) is 0.610. The topological polar surface area (TPSA) is 87.8 Å². The number of hydrogen-bond donors (Lipinski definition) is 1. The van der Waals surface area contributed by atoms with Crippen molar-refractivity contribution in [2.45, 2.75) is 6.42 Å². The molecule has 0 saturated carbocycles. The molecule has 88 valence electrons. The first kappa shape index (κ1) is 11.1. The molecule has 1 fully saturated rings. The molecular weight excluding hydrogens is 224 g/mol. The molecule has 17 heavy (non-hydrogen) atoms. The van der Waals surface area contributed by atoms with Gasteiger partial charge in [-0.25, -0.2) is 4.99 Å². The molecule has 1 heterocycles. The van der Waals surface area contributed by atoms with Gasteiger partial charge in [-0.15, -0.1) is 0 Å². The lowest BCUT2D eigenvalue weighted by atomic mass is 10.3. The number of nitro benzene ring substituents is 1. The summed E-state index contributed by atoms with van der Waals surface area (Å²) in [6.45, 7) is 0. The summed E-state index contributed by atoms with van der Waals surface area (Å²) in [6, 6.07) is 5.82. The van der Waals surface area contributed by atoms with Crippen LogP contribution >= 0.6 is 0 Å². The molecule has 1 N–H and O–H groups in total. The SMILES string of the molecule is CN1NC(=Nc2ccc([N+](=O)[O-])cc2)CC1=O. The lowest BCUT2D eigenvalue weighted by molar-refractivity contribution is -0.384. The van der Waals surface area contributed by atoms with E-state index < -0.39 is 4.92 Å². The van der Waals surface area contributed by atoms with E-state index in [-0.39, 0.29) is 18.0 Å². The Morgan fingerprint density at radius 1 is 1.41 bits per heavy atom. The number of amidine groups is 1. The number of benzene rings is 1. The summed E-state index contributed by atoms with van der Waals surface area (Å²) < 4.78 is 0. The molecule has 0 unspecified atom stereocenters. The minimum absolute atomic E-state index is 0.0153. The molecule has 0 aromatic heterocycles. The van der Waals surface area contributed by atoms with E-state index in [0.29, 0.717) is 11.5 Å². The highest BCUT2D eigenvalue weighted by Gasteiger charge is 2.21. The van der Waals surface area contributed by atoms with E-state index >= 15 is 0 Å². The lowest BCUT2D eigenvalue weighted by Gasteiger charge is -2.06. The van der Waals surface area contributed by atoms with Crippen molar-refractivity contribution in [3.63, 3.8) is 0 Å². The van der Waals surface area contributed by atoms with E-state index in [1.165, 1.54) is 29.3 Å². The lowest BCUT2D eigenvalue weighted by Crippen LogP contribution is -2.31. The molecule has 0 radical (unpaired) electrons. The zero-order valence-electron chi connectivity index (χ0n) is 9.08. The monoisotopic (exact) mass is 234 g/mol. The van der Waals surface area contributed by atoms with Crippen LogP contribution in [0.2, 0.25) is 0 Å². The third kappa shape index (κ3) is 2.39. The number of nitrogens with one attached hydrogen (secondary N) is 1. The van der Waals surface area contributed by atoms with Gasteiger partial charge in [0.1, 0.15) is 5.84 Å². The summed E-state index contributed by atoms with van der Waals surface area (Å²) >= 11 is 0. The predicted octanol–water partition coefficient (Wildman–Crippen LogP) is 0.991. The number of amides is 1. The zero-order valence-corrected chi connectivity index (χ0v) is 9.08. The van der Waals surface area contributed by atoms with Gasteiger partial charge in [0.05, 0.1) is 17.0 Å². The van der Waals surface area contributed by atoms with Crippen molar-refractivity contribution in [3.05, 3.63) is 34.4 Å². The number of carbonyl (C=O) groups is 1. The van der Waals surface area contributed by atoms with E-state index in [0.717, 1.165) is 0 Å². The molecule has 0 bridgehead atoms. The van der Waals surface area contributed by atoms with Crippen LogP contribution in [0.5, 0.6) is 0 Å². The summed E-state index contributed by atoms with van der Waals surface area (Å²) in [6.07, 6.45) is 0.216. The molecule has 7 nitrogen and oxygen atoms in total. The van der Waals surface area contributed by atoms with Crippen molar-refractivity contribution in [1.29, 1.82) is 0 Å². The number of hydrogen-bond acceptors (Lipinski definition) is 4. The zero-order chi connectivity index (χ0) is 12.4.